The van der Waals surface area contributed by atoms with Gasteiger partial charge in [-0.25, -0.2) is 4.98 Å². The van der Waals surface area contributed by atoms with Gasteiger partial charge in [-0.2, -0.15) is 0 Å². The fourth-order valence-electron chi connectivity index (χ4n) is 2.13. The number of nitrogens with two attached hydrogens (primary N) is 1. The molecule has 0 aliphatic rings. The van der Waals surface area contributed by atoms with E-state index in [2.05, 4.69) is 17.2 Å². The van der Waals surface area contributed by atoms with Crippen LogP contribution in [0.1, 0.15) is 24.1 Å². The van der Waals surface area contributed by atoms with Gasteiger partial charge in [0.05, 0.1) is 6.33 Å². The highest BCUT2D eigenvalue weighted by Gasteiger charge is 2.16. The number of rotatable bonds is 6. The fraction of sp³-hybridized carbons (Fsp3) is 0.375. The van der Waals surface area contributed by atoms with Gasteiger partial charge in [0.2, 0.25) is 5.91 Å². The zero-order valence-electron chi connectivity index (χ0n) is 13.3. The molecular formula is C16H24Cl2N4O. The summed E-state index contributed by atoms with van der Waals surface area (Å²) in [5, 5.41) is 2.91. The van der Waals surface area contributed by atoms with Gasteiger partial charge in [0.1, 0.15) is 6.04 Å². The normalized spacial score (nSPS) is 12.5. The maximum absolute atomic E-state index is 12.1. The van der Waals surface area contributed by atoms with E-state index in [-0.39, 0.29) is 30.7 Å². The molecule has 0 fully saturated rings. The van der Waals surface area contributed by atoms with E-state index in [1.54, 1.807) is 12.5 Å². The standard InChI is InChI=1S/C16H22N4O.2ClH/c1-12-3-5-14(6-4-12)15(17)16(21)19-9-13(2)10-20-8-7-18-11-20;;/h3-8,11,13,15H,9-10,17H2,1-2H3,(H,19,21);2*1H. The molecule has 2 atom stereocenters. The summed E-state index contributed by atoms with van der Waals surface area (Å²) in [7, 11) is 0. The van der Waals surface area contributed by atoms with E-state index in [0.717, 1.165) is 17.7 Å². The Labute approximate surface area is 149 Å². The van der Waals surface area contributed by atoms with E-state index < -0.39 is 6.04 Å². The lowest BCUT2D eigenvalue weighted by Crippen LogP contribution is -2.37. The predicted molar refractivity (Wildman–Crippen MR) is 97.0 cm³/mol. The number of hydrogen-bond acceptors (Lipinski definition) is 3. The van der Waals surface area contributed by atoms with E-state index in [1.165, 1.54) is 0 Å². The second-order valence-electron chi connectivity index (χ2n) is 5.50. The molecule has 1 heterocycles. The van der Waals surface area contributed by atoms with Crippen molar-refractivity contribution in [2.24, 2.45) is 11.7 Å². The molecule has 1 aromatic carbocycles. The number of aromatic nitrogens is 2. The van der Waals surface area contributed by atoms with E-state index in [1.807, 2.05) is 42.0 Å². The van der Waals surface area contributed by atoms with Gasteiger partial charge in [-0.3, -0.25) is 4.79 Å². The van der Waals surface area contributed by atoms with Crippen molar-refractivity contribution in [3.63, 3.8) is 0 Å². The smallest absolute Gasteiger partial charge is 0.241 e. The van der Waals surface area contributed by atoms with Crippen molar-refractivity contribution in [2.45, 2.75) is 26.4 Å². The number of aryl methyl sites for hydroxylation is 1. The fourth-order valence-corrected chi connectivity index (χ4v) is 2.13. The second-order valence-corrected chi connectivity index (χ2v) is 5.50. The number of nitrogens with zero attached hydrogens (tertiary/aromatic N) is 2. The topological polar surface area (TPSA) is 72.9 Å². The number of nitrogens with one attached hydrogen (secondary N) is 1. The van der Waals surface area contributed by atoms with Crippen LogP contribution in [0.4, 0.5) is 0 Å². The largest absolute Gasteiger partial charge is 0.354 e. The quantitative estimate of drug-likeness (QED) is 0.832. The number of benzene rings is 1. The van der Waals surface area contributed by atoms with Crippen LogP contribution in [0.15, 0.2) is 43.0 Å². The van der Waals surface area contributed by atoms with Crippen LogP contribution in [0.5, 0.6) is 0 Å². The summed E-state index contributed by atoms with van der Waals surface area (Å²) in [6.45, 7) is 5.50. The van der Waals surface area contributed by atoms with Crippen molar-refractivity contribution >= 4 is 30.7 Å². The van der Waals surface area contributed by atoms with E-state index in [9.17, 15) is 4.79 Å². The molecule has 23 heavy (non-hydrogen) atoms. The summed E-state index contributed by atoms with van der Waals surface area (Å²) in [6, 6.07) is 7.10. The Morgan fingerprint density at radius 1 is 1.30 bits per heavy atom. The van der Waals surface area contributed by atoms with Crippen LogP contribution in [-0.4, -0.2) is 22.0 Å². The van der Waals surface area contributed by atoms with E-state index >= 15 is 0 Å². The Hall–Kier alpha value is -1.56. The molecule has 2 rings (SSSR count). The van der Waals surface area contributed by atoms with Gasteiger partial charge in [0.15, 0.2) is 0 Å². The van der Waals surface area contributed by atoms with Gasteiger partial charge in [0, 0.05) is 25.5 Å². The van der Waals surface area contributed by atoms with Crippen LogP contribution in [-0.2, 0) is 11.3 Å². The van der Waals surface area contributed by atoms with Gasteiger partial charge >= 0.3 is 0 Å². The predicted octanol–water partition coefficient (Wildman–Crippen LogP) is 2.49. The van der Waals surface area contributed by atoms with Crippen molar-refractivity contribution < 1.29 is 4.79 Å². The van der Waals surface area contributed by atoms with Crippen molar-refractivity contribution in [2.75, 3.05) is 6.54 Å². The summed E-state index contributed by atoms with van der Waals surface area (Å²) in [5.74, 6) is 0.171. The Bertz CT molecular complexity index is 572. The Morgan fingerprint density at radius 2 is 1.96 bits per heavy atom. The summed E-state index contributed by atoms with van der Waals surface area (Å²) >= 11 is 0. The number of amides is 1. The SMILES string of the molecule is Cc1ccc(C(N)C(=O)NCC(C)Cn2ccnc2)cc1.Cl.Cl. The molecule has 0 saturated carbocycles. The highest BCUT2D eigenvalue weighted by atomic mass is 35.5. The van der Waals surface area contributed by atoms with Gasteiger partial charge in [-0.05, 0) is 18.4 Å². The third kappa shape index (κ3) is 6.60. The zero-order chi connectivity index (χ0) is 15.2. The molecule has 0 aliphatic carbocycles. The molecule has 0 spiro atoms. The van der Waals surface area contributed by atoms with Gasteiger partial charge in [-0.1, -0.05) is 36.8 Å². The van der Waals surface area contributed by atoms with Crippen LogP contribution in [0.3, 0.4) is 0 Å². The molecule has 1 amide bonds. The number of carbonyl (C=O) groups is 1. The molecule has 128 valence electrons. The van der Waals surface area contributed by atoms with E-state index in [4.69, 9.17) is 5.73 Å². The monoisotopic (exact) mass is 358 g/mol. The zero-order valence-corrected chi connectivity index (χ0v) is 14.9. The first-order chi connectivity index (χ1) is 10.1. The van der Waals surface area contributed by atoms with Crippen LogP contribution < -0.4 is 11.1 Å². The van der Waals surface area contributed by atoms with Crippen molar-refractivity contribution in [3.8, 4) is 0 Å². The van der Waals surface area contributed by atoms with Gasteiger partial charge < -0.3 is 15.6 Å². The lowest BCUT2D eigenvalue weighted by atomic mass is 10.0. The maximum atomic E-state index is 12.1. The molecule has 5 nitrogen and oxygen atoms in total. The molecule has 2 aromatic rings. The number of hydrogen-bond donors (Lipinski definition) is 2. The van der Waals surface area contributed by atoms with Gasteiger partial charge in [-0.15, -0.1) is 24.8 Å². The first-order valence-corrected chi connectivity index (χ1v) is 7.12. The minimum absolute atomic E-state index is 0. The third-order valence-corrected chi connectivity index (χ3v) is 3.43. The molecule has 0 bridgehead atoms. The summed E-state index contributed by atoms with van der Waals surface area (Å²) in [4.78, 5) is 16.1. The second kappa shape index (κ2) is 10.3. The number of carbonyl (C=O) groups excluding carboxylic acids is 1. The number of imidazole rings is 1. The molecule has 0 aliphatic heterocycles. The molecular weight excluding hydrogens is 335 g/mol. The van der Waals surface area contributed by atoms with Crippen LogP contribution >= 0.6 is 24.8 Å². The average Bonchev–Trinajstić information content (AvgIpc) is 2.97. The lowest BCUT2D eigenvalue weighted by Gasteiger charge is -2.16. The van der Waals surface area contributed by atoms with Gasteiger partial charge in [0.25, 0.3) is 0 Å². The summed E-state index contributed by atoms with van der Waals surface area (Å²) in [6.07, 6.45) is 5.44. The maximum Gasteiger partial charge on any atom is 0.241 e. The number of halogens is 2. The van der Waals surface area contributed by atoms with Crippen molar-refractivity contribution in [1.82, 2.24) is 14.9 Å². The van der Waals surface area contributed by atoms with Crippen LogP contribution in [0.25, 0.3) is 0 Å². The third-order valence-electron chi connectivity index (χ3n) is 3.43. The minimum Gasteiger partial charge on any atom is -0.354 e. The highest BCUT2D eigenvalue weighted by molar-refractivity contribution is 5.85. The lowest BCUT2D eigenvalue weighted by molar-refractivity contribution is -0.122. The summed E-state index contributed by atoms with van der Waals surface area (Å²) in [5.41, 5.74) is 7.97. The van der Waals surface area contributed by atoms with E-state index in [0.29, 0.717) is 12.5 Å². The minimum atomic E-state index is -0.619. The van der Waals surface area contributed by atoms with Crippen molar-refractivity contribution in [3.05, 3.63) is 54.1 Å². The Kier molecular flexibility index (Phi) is 9.56. The molecule has 0 radical (unpaired) electrons. The first kappa shape index (κ1) is 21.4. The molecule has 7 heteroatoms. The van der Waals surface area contributed by atoms with Crippen LogP contribution in [0, 0.1) is 12.8 Å². The molecule has 0 saturated heterocycles. The first-order valence-electron chi connectivity index (χ1n) is 7.12. The highest BCUT2D eigenvalue weighted by Crippen LogP contribution is 2.11. The summed E-state index contributed by atoms with van der Waals surface area (Å²) < 4.78 is 2.00. The molecule has 2 unspecified atom stereocenters. The van der Waals surface area contributed by atoms with Crippen molar-refractivity contribution in [1.29, 1.82) is 0 Å². The van der Waals surface area contributed by atoms with Crippen LogP contribution in [0.2, 0.25) is 0 Å². The molecule has 3 N–H and O–H groups in total. The Morgan fingerprint density at radius 3 is 2.52 bits per heavy atom. The Balaban J connectivity index is 0.00000242. The average molecular weight is 359 g/mol. The molecule has 1 aromatic heterocycles.